The molecule has 8 nitrogen and oxygen atoms in total. The Hall–Kier alpha value is -1.12. The van der Waals surface area contributed by atoms with Gasteiger partial charge >= 0.3 is 17.9 Å². The molecule has 1 heterocycles. The molecule has 1 aliphatic heterocycles. The molecule has 26 heavy (non-hydrogen) atoms. The van der Waals surface area contributed by atoms with Gasteiger partial charge in [0, 0.05) is 31.9 Å². The molecule has 1 saturated heterocycles. The molecule has 0 aliphatic carbocycles. The summed E-state index contributed by atoms with van der Waals surface area (Å²) in [5.74, 6) is 0.753. The summed E-state index contributed by atoms with van der Waals surface area (Å²) in [5, 5.41) is 0. The van der Waals surface area contributed by atoms with Gasteiger partial charge in [0.25, 0.3) is 0 Å². The molecule has 1 fully saturated rings. The van der Waals surface area contributed by atoms with Gasteiger partial charge in [0.2, 0.25) is 0 Å². The van der Waals surface area contributed by atoms with Gasteiger partial charge in [0.05, 0.1) is 12.8 Å². The molecule has 0 amide bonds. The minimum atomic E-state index is -4.25. The van der Waals surface area contributed by atoms with E-state index >= 15 is 0 Å². The van der Waals surface area contributed by atoms with E-state index in [9.17, 15) is 17.9 Å². The van der Waals surface area contributed by atoms with Gasteiger partial charge in [-0.05, 0) is 37.1 Å². The molecule has 1 aromatic rings. The third-order valence-corrected chi connectivity index (χ3v) is 8.86. The summed E-state index contributed by atoms with van der Waals surface area (Å²) < 4.78 is 48.1. The molecule has 1 unspecified atom stereocenters. The standard InChI is InChI=1S/C16H27N2O6PS/c1-4-16(5-2)25(19,20)24-26(21,22)18-12-10-17(11-13-18)14-6-8-15(23-3)9-7-14/h6-9,16H,4-5,10-13H2,1-3H3,(H,19,20). The molecule has 0 radical (unpaired) electrons. The van der Waals surface area contributed by atoms with Crippen molar-refractivity contribution >= 4 is 23.6 Å². The fourth-order valence-electron chi connectivity index (χ4n) is 2.96. The van der Waals surface area contributed by atoms with E-state index in [4.69, 9.17) is 8.71 Å². The number of hydrogen-bond donors (Lipinski definition) is 1. The third-order valence-electron chi connectivity index (χ3n) is 4.60. The number of ether oxygens (including phenoxy) is 1. The van der Waals surface area contributed by atoms with Crippen molar-refractivity contribution < 1.29 is 26.6 Å². The zero-order valence-corrected chi connectivity index (χ0v) is 17.1. The van der Waals surface area contributed by atoms with E-state index in [2.05, 4.69) is 0 Å². The highest BCUT2D eigenvalue weighted by Crippen LogP contribution is 2.52. The summed E-state index contributed by atoms with van der Waals surface area (Å²) in [6.45, 7) is 4.79. The van der Waals surface area contributed by atoms with Gasteiger partial charge in [0.15, 0.2) is 0 Å². The van der Waals surface area contributed by atoms with Crippen LogP contribution in [0.25, 0.3) is 0 Å². The van der Waals surface area contributed by atoms with E-state index in [1.807, 2.05) is 29.2 Å². The topological polar surface area (TPSA) is 96.4 Å². The summed E-state index contributed by atoms with van der Waals surface area (Å²) in [7, 11) is -6.88. The number of nitrogens with zero attached hydrogens (tertiary/aromatic N) is 2. The van der Waals surface area contributed by atoms with E-state index in [0.29, 0.717) is 25.9 Å². The largest absolute Gasteiger partial charge is 0.497 e. The van der Waals surface area contributed by atoms with Crippen molar-refractivity contribution in [2.75, 3.05) is 38.2 Å². The first kappa shape index (κ1) is 21.2. The lowest BCUT2D eigenvalue weighted by molar-refractivity contribution is 0.309. The van der Waals surface area contributed by atoms with Crippen LogP contribution >= 0.6 is 7.60 Å². The number of piperazine rings is 1. The minimum Gasteiger partial charge on any atom is -0.497 e. The van der Waals surface area contributed by atoms with Crippen molar-refractivity contribution in [2.24, 2.45) is 0 Å². The number of anilines is 1. The van der Waals surface area contributed by atoms with Crippen LogP contribution in [0.5, 0.6) is 5.75 Å². The van der Waals surface area contributed by atoms with Gasteiger partial charge in [-0.25, -0.2) is 0 Å². The first-order valence-electron chi connectivity index (χ1n) is 8.66. The Labute approximate surface area is 155 Å². The Morgan fingerprint density at radius 3 is 2.12 bits per heavy atom. The number of hydrogen-bond acceptors (Lipinski definition) is 6. The zero-order chi connectivity index (χ0) is 19.4. The second kappa shape index (κ2) is 8.71. The molecular formula is C16H27N2O6PS. The Morgan fingerprint density at radius 2 is 1.65 bits per heavy atom. The Morgan fingerprint density at radius 1 is 1.12 bits per heavy atom. The van der Waals surface area contributed by atoms with Crippen LogP contribution < -0.4 is 9.64 Å². The van der Waals surface area contributed by atoms with E-state index < -0.39 is 23.6 Å². The predicted molar refractivity (Wildman–Crippen MR) is 101 cm³/mol. The lowest BCUT2D eigenvalue weighted by atomic mass is 10.2. The van der Waals surface area contributed by atoms with Gasteiger partial charge in [0.1, 0.15) is 5.75 Å². The van der Waals surface area contributed by atoms with Crippen molar-refractivity contribution in [3.8, 4) is 5.75 Å². The second-order valence-corrected chi connectivity index (χ2v) is 9.98. The van der Waals surface area contributed by atoms with E-state index in [1.54, 1.807) is 21.0 Å². The molecule has 2 rings (SSSR count). The molecule has 0 saturated carbocycles. The normalized spacial score (nSPS) is 18.7. The van der Waals surface area contributed by atoms with E-state index in [0.717, 1.165) is 15.7 Å². The third kappa shape index (κ3) is 4.98. The monoisotopic (exact) mass is 406 g/mol. The summed E-state index contributed by atoms with van der Waals surface area (Å²) in [5.41, 5.74) is 0.284. The van der Waals surface area contributed by atoms with Crippen LogP contribution in [-0.2, 0) is 18.8 Å². The zero-order valence-electron chi connectivity index (χ0n) is 15.4. The van der Waals surface area contributed by atoms with Crippen LogP contribution in [0, 0.1) is 0 Å². The van der Waals surface area contributed by atoms with Crippen LogP contribution in [0.15, 0.2) is 24.3 Å². The van der Waals surface area contributed by atoms with E-state index in [-0.39, 0.29) is 13.1 Å². The molecule has 1 N–H and O–H groups in total. The van der Waals surface area contributed by atoms with Crippen molar-refractivity contribution in [1.29, 1.82) is 0 Å². The number of rotatable bonds is 8. The highest BCUT2D eigenvalue weighted by molar-refractivity contribution is 7.89. The average molecular weight is 406 g/mol. The predicted octanol–water partition coefficient (Wildman–Crippen LogP) is 2.45. The lowest BCUT2D eigenvalue weighted by Gasteiger charge is -2.35. The van der Waals surface area contributed by atoms with Crippen LogP contribution in [-0.4, -0.2) is 56.6 Å². The molecule has 148 valence electrons. The van der Waals surface area contributed by atoms with Crippen molar-refractivity contribution in [2.45, 2.75) is 32.3 Å². The SMILES string of the molecule is CCC(CC)P(=O)(O)OS(=O)(=O)N1CCN(c2ccc(OC)cc2)CC1. The summed E-state index contributed by atoms with van der Waals surface area (Å²) in [4.78, 5) is 12.1. The van der Waals surface area contributed by atoms with Gasteiger partial charge in [-0.1, -0.05) is 13.8 Å². The first-order chi connectivity index (χ1) is 12.2. The molecule has 1 aromatic carbocycles. The maximum Gasteiger partial charge on any atom is 0.346 e. The molecule has 0 bridgehead atoms. The fourth-order valence-corrected chi connectivity index (χ4v) is 6.43. The molecule has 0 aromatic heterocycles. The van der Waals surface area contributed by atoms with Crippen LogP contribution in [0.1, 0.15) is 26.7 Å². The first-order valence-corrected chi connectivity index (χ1v) is 11.7. The lowest BCUT2D eigenvalue weighted by Crippen LogP contribution is -2.49. The van der Waals surface area contributed by atoms with Gasteiger partial charge in [-0.15, -0.1) is 0 Å². The molecule has 1 aliphatic rings. The highest BCUT2D eigenvalue weighted by atomic mass is 32.2. The van der Waals surface area contributed by atoms with Gasteiger partial charge in [-0.2, -0.15) is 16.7 Å². The number of methoxy groups -OCH3 is 1. The summed E-state index contributed by atoms with van der Waals surface area (Å²) >= 11 is 0. The van der Waals surface area contributed by atoms with Crippen molar-refractivity contribution in [3.63, 3.8) is 0 Å². The smallest absolute Gasteiger partial charge is 0.346 e. The van der Waals surface area contributed by atoms with Crippen molar-refractivity contribution in [1.82, 2.24) is 4.31 Å². The van der Waals surface area contributed by atoms with Crippen LogP contribution in [0.3, 0.4) is 0 Å². The van der Waals surface area contributed by atoms with Gasteiger partial charge < -0.3 is 14.5 Å². The number of benzene rings is 1. The molecule has 10 heteroatoms. The van der Waals surface area contributed by atoms with E-state index in [1.165, 1.54) is 0 Å². The average Bonchev–Trinajstić information content (AvgIpc) is 2.62. The minimum absolute atomic E-state index is 0.192. The quantitative estimate of drug-likeness (QED) is 0.663. The van der Waals surface area contributed by atoms with Crippen LogP contribution in [0.2, 0.25) is 0 Å². The van der Waals surface area contributed by atoms with Gasteiger partial charge in [-0.3, -0.25) is 4.57 Å². The Kier molecular flexibility index (Phi) is 7.10. The molecule has 1 atom stereocenters. The Balaban J connectivity index is 2.00. The van der Waals surface area contributed by atoms with Crippen molar-refractivity contribution in [3.05, 3.63) is 24.3 Å². The second-order valence-electron chi connectivity index (χ2n) is 6.15. The van der Waals surface area contributed by atoms with Crippen LogP contribution in [0.4, 0.5) is 5.69 Å². The molecule has 0 spiro atoms. The maximum atomic E-state index is 12.4. The maximum absolute atomic E-state index is 12.4. The highest BCUT2D eigenvalue weighted by Gasteiger charge is 2.39. The summed E-state index contributed by atoms with van der Waals surface area (Å²) in [6.07, 6.45) is 0.760. The summed E-state index contributed by atoms with van der Waals surface area (Å²) in [6, 6.07) is 7.52. The Bertz CT molecular complexity index is 728. The fraction of sp³-hybridized carbons (Fsp3) is 0.625. The molecular weight excluding hydrogens is 379 g/mol.